The second kappa shape index (κ2) is 19.7. The van der Waals surface area contributed by atoms with Crippen LogP contribution in [0.3, 0.4) is 0 Å². The van der Waals surface area contributed by atoms with Crippen molar-refractivity contribution >= 4 is 0 Å². The molecule has 1 saturated carbocycles. The van der Waals surface area contributed by atoms with Crippen LogP contribution in [0.4, 0.5) is 4.39 Å². The summed E-state index contributed by atoms with van der Waals surface area (Å²) in [5, 5.41) is 0. The molecule has 73 heavy (non-hydrogen) atoms. The summed E-state index contributed by atoms with van der Waals surface area (Å²) >= 11 is 0. The van der Waals surface area contributed by atoms with Crippen molar-refractivity contribution in [1.82, 2.24) is 19.9 Å². The van der Waals surface area contributed by atoms with Crippen molar-refractivity contribution in [2.24, 2.45) is 0 Å². The molecule has 0 saturated heterocycles. The number of benzene rings is 9. The first-order valence-electron chi connectivity index (χ1n) is 24.7. The Labute approximate surface area is 438 Å². The van der Waals surface area contributed by atoms with E-state index in [2.05, 4.69) is 176 Å². The van der Waals surface area contributed by atoms with Crippen LogP contribution in [0, 0.1) is 11.9 Å². The molecule has 11 aromatic rings. The zero-order valence-electron chi connectivity index (χ0n) is 39.7. The van der Waals surface area contributed by atoms with Crippen LogP contribution in [-0.4, -0.2) is 19.9 Å². The molecule has 2 unspecified atom stereocenters. The molecule has 2 aromatic heterocycles. The maximum absolute atomic E-state index is 16.8. The van der Waals surface area contributed by atoms with E-state index in [9.17, 15) is 0 Å². The van der Waals surface area contributed by atoms with Crippen LogP contribution in [0.1, 0.15) is 42.2 Å². The molecule has 2 heterocycles. The predicted octanol–water partition coefficient (Wildman–Crippen LogP) is 17.2. The maximum atomic E-state index is 16.8. The smallest absolute Gasteiger partial charge is 0.168 e. The SMILES string of the molecule is Fc1cc(-c2[c-]cc3c(c2)C2CCC3C2)ncc1-c1nc(-c2cccc(-c3cc(-c4ccccc4)cc(-c4ccccc4)c3)c2)nc(-c2cccc(-c3cc(-c4ccccc4)cc(-c4ccccc4)c3)c2)n1.[Ir]. The summed E-state index contributed by atoms with van der Waals surface area (Å²) < 4.78 is 16.8. The minimum Gasteiger partial charge on any atom is -0.304 e. The zero-order chi connectivity index (χ0) is 48.0. The van der Waals surface area contributed by atoms with E-state index in [1.165, 1.54) is 36.5 Å². The van der Waals surface area contributed by atoms with Gasteiger partial charge in [-0.1, -0.05) is 164 Å². The fraction of sp³-hybridized carbons (Fsp3) is 0.0746. The van der Waals surface area contributed by atoms with Gasteiger partial charge in [0.05, 0.1) is 5.56 Å². The molecule has 1 radical (unpaired) electrons. The second-order valence-electron chi connectivity index (χ2n) is 19.0. The van der Waals surface area contributed by atoms with Gasteiger partial charge in [0.1, 0.15) is 5.82 Å². The van der Waals surface area contributed by atoms with Gasteiger partial charge in [0.15, 0.2) is 17.5 Å². The quantitative estimate of drug-likeness (QED) is 0.128. The Balaban J connectivity index is 0.00000543. The van der Waals surface area contributed by atoms with Gasteiger partial charge in [-0.15, -0.1) is 34.9 Å². The number of halogens is 1. The topological polar surface area (TPSA) is 51.6 Å². The third-order valence-electron chi connectivity index (χ3n) is 14.5. The van der Waals surface area contributed by atoms with Crippen molar-refractivity contribution in [3.63, 3.8) is 0 Å². The van der Waals surface area contributed by atoms with Crippen molar-refractivity contribution < 1.29 is 24.5 Å². The Kier molecular flexibility index (Phi) is 12.4. The molecular formula is C67H46FIrN4-. The zero-order valence-corrected chi connectivity index (χ0v) is 42.1. The van der Waals surface area contributed by atoms with Crippen LogP contribution in [-0.2, 0) is 20.1 Å². The fourth-order valence-electron chi connectivity index (χ4n) is 10.9. The van der Waals surface area contributed by atoms with Gasteiger partial charge >= 0.3 is 0 Å². The molecular weight excluding hydrogens is 1070 g/mol. The molecule has 2 atom stereocenters. The summed E-state index contributed by atoms with van der Waals surface area (Å²) in [4.78, 5) is 20.2. The van der Waals surface area contributed by atoms with E-state index < -0.39 is 5.82 Å². The van der Waals surface area contributed by atoms with Crippen LogP contribution < -0.4 is 0 Å². The summed E-state index contributed by atoms with van der Waals surface area (Å²) in [5.41, 5.74) is 18.9. The first kappa shape index (κ1) is 45.8. The van der Waals surface area contributed by atoms with Gasteiger partial charge in [0, 0.05) is 37.4 Å². The molecule has 9 aromatic carbocycles. The summed E-state index contributed by atoms with van der Waals surface area (Å²) in [5.74, 6) is 1.78. The monoisotopic (exact) mass is 1120 g/mol. The Morgan fingerprint density at radius 1 is 0.370 bits per heavy atom. The normalized spacial score (nSPS) is 14.4. The fourth-order valence-corrected chi connectivity index (χ4v) is 10.9. The van der Waals surface area contributed by atoms with Crippen molar-refractivity contribution in [3.8, 4) is 112 Å². The van der Waals surface area contributed by atoms with E-state index in [4.69, 9.17) is 19.9 Å². The molecule has 0 amide bonds. The number of fused-ring (bicyclic) bond motifs is 5. The third kappa shape index (κ3) is 9.17. The van der Waals surface area contributed by atoms with Crippen LogP contribution >= 0.6 is 0 Å². The number of pyridine rings is 1. The minimum atomic E-state index is -0.460. The van der Waals surface area contributed by atoms with Crippen molar-refractivity contribution in [2.75, 3.05) is 0 Å². The van der Waals surface area contributed by atoms with Gasteiger partial charge in [0.2, 0.25) is 0 Å². The van der Waals surface area contributed by atoms with Crippen molar-refractivity contribution in [2.45, 2.75) is 31.1 Å². The number of nitrogens with zero attached hydrogens (tertiary/aromatic N) is 4. The van der Waals surface area contributed by atoms with Gasteiger partial charge < -0.3 is 4.98 Å². The Hall–Kier alpha value is -8.28. The van der Waals surface area contributed by atoms with Gasteiger partial charge in [-0.25, -0.2) is 19.3 Å². The van der Waals surface area contributed by atoms with E-state index in [0.29, 0.717) is 29.2 Å². The first-order chi connectivity index (χ1) is 35.5. The van der Waals surface area contributed by atoms with Crippen molar-refractivity contribution in [1.29, 1.82) is 0 Å². The van der Waals surface area contributed by atoms with E-state index in [-0.39, 0.29) is 31.5 Å². The van der Waals surface area contributed by atoms with E-state index in [0.717, 1.165) is 83.5 Å². The number of hydrogen-bond acceptors (Lipinski definition) is 4. The number of rotatable bonds is 10. The summed E-state index contributed by atoms with van der Waals surface area (Å²) in [6.07, 6.45) is 5.21. The summed E-state index contributed by atoms with van der Waals surface area (Å²) in [6.45, 7) is 0. The first-order valence-corrected chi connectivity index (χ1v) is 24.7. The molecule has 0 N–H and O–H groups in total. The van der Waals surface area contributed by atoms with Crippen LogP contribution in [0.25, 0.3) is 112 Å². The number of aromatic nitrogens is 4. The molecule has 0 spiro atoms. The van der Waals surface area contributed by atoms with E-state index in [1.54, 1.807) is 6.20 Å². The maximum Gasteiger partial charge on any atom is 0.168 e. The largest absolute Gasteiger partial charge is 0.304 e. The molecule has 0 aliphatic heterocycles. The molecule has 6 heteroatoms. The van der Waals surface area contributed by atoms with Crippen LogP contribution in [0.5, 0.6) is 0 Å². The van der Waals surface area contributed by atoms with Gasteiger partial charge in [-0.2, -0.15) is 0 Å². The molecule has 2 aliphatic carbocycles. The summed E-state index contributed by atoms with van der Waals surface area (Å²) in [6, 6.07) is 81.1. The van der Waals surface area contributed by atoms with Crippen LogP contribution in [0.15, 0.2) is 231 Å². The molecule has 13 rings (SSSR count). The minimum absolute atomic E-state index is 0. The average Bonchev–Trinajstić information content (AvgIpc) is 4.09. The molecule has 1 fully saturated rings. The van der Waals surface area contributed by atoms with Crippen molar-refractivity contribution in [3.05, 3.63) is 254 Å². The molecule has 4 nitrogen and oxygen atoms in total. The average molecular weight is 1120 g/mol. The summed E-state index contributed by atoms with van der Waals surface area (Å²) in [7, 11) is 0. The van der Waals surface area contributed by atoms with E-state index in [1.807, 2.05) is 48.5 Å². The predicted molar refractivity (Wildman–Crippen MR) is 290 cm³/mol. The Morgan fingerprint density at radius 3 is 1.18 bits per heavy atom. The van der Waals surface area contributed by atoms with Gasteiger partial charge in [0.25, 0.3) is 0 Å². The van der Waals surface area contributed by atoms with Gasteiger partial charge in [-0.05, 0) is 152 Å². The Bertz CT molecular complexity index is 3500. The molecule has 351 valence electrons. The second-order valence-corrected chi connectivity index (χ2v) is 19.0. The van der Waals surface area contributed by atoms with Gasteiger partial charge in [-0.3, -0.25) is 0 Å². The standard InChI is InChI=1S/C67H46FN4.Ir/c68-63-41-64(51-29-30-60-49-27-28-50(33-49)61(60)40-51)69-42-62(63)67-71-65(52-25-13-23-47(31-52)58-36-54(43-15-5-1-6-16-43)34-55(37-58)44-17-7-2-8-18-44)70-66(72-67)53-26-14-24-48(32-53)59-38-56(45-19-9-3-10-20-45)35-57(39-59)46-21-11-4-12-22-46;/h1-26,30-32,34-42,49-50H,27-28,33H2;/q-1;. The third-order valence-corrected chi connectivity index (χ3v) is 14.5. The molecule has 2 aliphatic rings. The van der Waals surface area contributed by atoms with Crippen LogP contribution in [0.2, 0.25) is 0 Å². The van der Waals surface area contributed by atoms with E-state index >= 15 is 4.39 Å². The Morgan fingerprint density at radius 2 is 0.740 bits per heavy atom. The molecule has 2 bridgehead atoms. The number of hydrogen-bond donors (Lipinski definition) is 0.